The summed E-state index contributed by atoms with van der Waals surface area (Å²) in [5.41, 5.74) is 7.94. The average Bonchev–Trinajstić information content (AvgIpc) is 2.26. The summed E-state index contributed by atoms with van der Waals surface area (Å²) in [5.74, 6) is 0.0595. The summed E-state index contributed by atoms with van der Waals surface area (Å²) in [6, 6.07) is 8.14. The Labute approximate surface area is 110 Å². The molecule has 3 heteroatoms. The van der Waals surface area contributed by atoms with Crippen molar-refractivity contribution < 1.29 is 4.79 Å². The van der Waals surface area contributed by atoms with E-state index in [0.29, 0.717) is 12.8 Å². The molecule has 0 aromatic heterocycles. The number of hydrogen-bond acceptors (Lipinski definition) is 2. The van der Waals surface area contributed by atoms with E-state index in [2.05, 4.69) is 18.3 Å². The molecule has 0 unspecified atom stereocenters. The highest BCUT2D eigenvalue weighted by Gasteiger charge is 2.15. The van der Waals surface area contributed by atoms with Crippen molar-refractivity contribution in [3.63, 3.8) is 0 Å². The Morgan fingerprint density at radius 1 is 1.39 bits per heavy atom. The standard InChI is InChI=1S/C15H24N2O/c1-11-7-5-6-8-13(11)12(2)17-14(18)9-10-15(3,4)16/h5-8,12H,9-10,16H2,1-4H3,(H,17,18)/t12-/m0/s1. The molecule has 0 heterocycles. The lowest BCUT2D eigenvalue weighted by atomic mass is 9.99. The SMILES string of the molecule is Cc1ccccc1[C@H](C)NC(=O)CCC(C)(C)N. The molecule has 0 bridgehead atoms. The fraction of sp³-hybridized carbons (Fsp3) is 0.533. The number of benzene rings is 1. The van der Waals surface area contributed by atoms with Gasteiger partial charge in [0.1, 0.15) is 0 Å². The van der Waals surface area contributed by atoms with Crippen molar-refractivity contribution in [2.45, 2.75) is 52.1 Å². The Bertz CT molecular complexity index is 407. The molecule has 0 aliphatic heterocycles. The molecule has 0 saturated carbocycles. The van der Waals surface area contributed by atoms with Crippen LogP contribution in [0.1, 0.15) is 50.8 Å². The minimum Gasteiger partial charge on any atom is -0.350 e. The molecule has 1 amide bonds. The second-order valence-electron chi connectivity index (χ2n) is 5.63. The van der Waals surface area contributed by atoms with Crippen molar-refractivity contribution in [3.05, 3.63) is 35.4 Å². The maximum Gasteiger partial charge on any atom is 0.220 e. The monoisotopic (exact) mass is 248 g/mol. The summed E-state index contributed by atoms with van der Waals surface area (Å²) in [4.78, 5) is 11.8. The van der Waals surface area contributed by atoms with E-state index >= 15 is 0 Å². The van der Waals surface area contributed by atoms with Crippen molar-refractivity contribution in [1.29, 1.82) is 0 Å². The van der Waals surface area contributed by atoms with Gasteiger partial charge in [-0.3, -0.25) is 4.79 Å². The maximum atomic E-state index is 11.8. The Balaban J connectivity index is 2.53. The summed E-state index contributed by atoms with van der Waals surface area (Å²) < 4.78 is 0. The molecule has 3 N–H and O–H groups in total. The van der Waals surface area contributed by atoms with Gasteiger partial charge in [0, 0.05) is 12.0 Å². The predicted octanol–water partition coefficient (Wildman–Crippen LogP) is 2.69. The molecule has 0 radical (unpaired) electrons. The third-order valence-electron chi connectivity index (χ3n) is 3.03. The van der Waals surface area contributed by atoms with E-state index in [1.807, 2.05) is 39.0 Å². The van der Waals surface area contributed by atoms with Crippen LogP contribution in [0.2, 0.25) is 0 Å². The Morgan fingerprint density at radius 3 is 2.56 bits per heavy atom. The van der Waals surface area contributed by atoms with Crippen LogP contribution in [-0.4, -0.2) is 11.4 Å². The minimum absolute atomic E-state index is 0.0413. The van der Waals surface area contributed by atoms with Gasteiger partial charge in [-0.1, -0.05) is 24.3 Å². The highest BCUT2D eigenvalue weighted by atomic mass is 16.1. The van der Waals surface area contributed by atoms with E-state index in [1.165, 1.54) is 5.56 Å². The summed E-state index contributed by atoms with van der Waals surface area (Å²) in [7, 11) is 0. The Kier molecular flexibility index (Phi) is 4.91. The molecule has 3 nitrogen and oxygen atoms in total. The van der Waals surface area contributed by atoms with Crippen molar-refractivity contribution in [2.24, 2.45) is 5.73 Å². The van der Waals surface area contributed by atoms with Crippen LogP contribution in [0.25, 0.3) is 0 Å². The number of nitrogens with one attached hydrogen (secondary N) is 1. The molecular formula is C15H24N2O. The van der Waals surface area contributed by atoms with Gasteiger partial charge in [-0.15, -0.1) is 0 Å². The van der Waals surface area contributed by atoms with Gasteiger partial charge in [-0.2, -0.15) is 0 Å². The van der Waals surface area contributed by atoms with Gasteiger partial charge in [0.05, 0.1) is 6.04 Å². The molecule has 1 aromatic rings. The van der Waals surface area contributed by atoms with Crippen LogP contribution in [0.15, 0.2) is 24.3 Å². The molecule has 0 spiro atoms. The van der Waals surface area contributed by atoms with Crippen molar-refractivity contribution in [1.82, 2.24) is 5.32 Å². The number of hydrogen-bond donors (Lipinski definition) is 2. The molecule has 1 rings (SSSR count). The van der Waals surface area contributed by atoms with Gasteiger partial charge >= 0.3 is 0 Å². The fourth-order valence-electron chi connectivity index (χ4n) is 1.90. The van der Waals surface area contributed by atoms with Crippen molar-refractivity contribution in [3.8, 4) is 0 Å². The highest BCUT2D eigenvalue weighted by molar-refractivity contribution is 5.76. The predicted molar refractivity (Wildman–Crippen MR) is 75.2 cm³/mol. The van der Waals surface area contributed by atoms with Crippen molar-refractivity contribution >= 4 is 5.91 Å². The molecule has 1 aromatic carbocycles. The van der Waals surface area contributed by atoms with Gasteiger partial charge in [-0.05, 0) is 45.2 Å². The minimum atomic E-state index is -0.288. The van der Waals surface area contributed by atoms with E-state index < -0.39 is 0 Å². The lowest BCUT2D eigenvalue weighted by Gasteiger charge is -2.20. The second kappa shape index (κ2) is 6.01. The summed E-state index contributed by atoms with van der Waals surface area (Å²) in [6.07, 6.45) is 1.17. The molecule has 0 saturated heterocycles. The van der Waals surface area contributed by atoms with Crippen LogP contribution in [0.5, 0.6) is 0 Å². The van der Waals surface area contributed by atoms with Gasteiger partial charge in [0.2, 0.25) is 5.91 Å². The summed E-state index contributed by atoms with van der Waals surface area (Å²) >= 11 is 0. The second-order valence-corrected chi connectivity index (χ2v) is 5.63. The van der Waals surface area contributed by atoms with Crippen LogP contribution in [0.4, 0.5) is 0 Å². The third-order valence-corrected chi connectivity index (χ3v) is 3.03. The molecule has 18 heavy (non-hydrogen) atoms. The number of carbonyl (C=O) groups is 1. The quantitative estimate of drug-likeness (QED) is 0.841. The number of amides is 1. The number of rotatable bonds is 5. The van der Waals surface area contributed by atoms with Crippen LogP contribution in [0, 0.1) is 6.92 Å². The van der Waals surface area contributed by atoms with E-state index in [4.69, 9.17) is 5.73 Å². The topological polar surface area (TPSA) is 55.1 Å². The van der Waals surface area contributed by atoms with Crippen LogP contribution in [0.3, 0.4) is 0 Å². The Morgan fingerprint density at radius 2 is 2.00 bits per heavy atom. The smallest absolute Gasteiger partial charge is 0.220 e. The van der Waals surface area contributed by atoms with E-state index in [1.54, 1.807) is 0 Å². The van der Waals surface area contributed by atoms with Crippen LogP contribution >= 0.6 is 0 Å². The first-order chi connectivity index (χ1) is 8.29. The largest absolute Gasteiger partial charge is 0.350 e. The van der Waals surface area contributed by atoms with E-state index in [0.717, 1.165) is 5.56 Å². The molecule has 0 aliphatic rings. The van der Waals surface area contributed by atoms with Crippen LogP contribution in [-0.2, 0) is 4.79 Å². The first-order valence-electron chi connectivity index (χ1n) is 6.43. The lowest BCUT2D eigenvalue weighted by Crippen LogP contribution is -2.35. The summed E-state index contributed by atoms with van der Waals surface area (Å²) in [5, 5.41) is 3.02. The van der Waals surface area contributed by atoms with E-state index in [-0.39, 0.29) is 17.5 Å². The zero-order valence-electron chi connectivity index (χ0n) is 11.8. The van der Waals surface area contributed by atoms with Gasteiger partial charge < -0.3 is 11.1 Å². The maximum absolute atomic E-state index is 11.8. The zero-order chi connectivity index (χ0) is 13.8. The molecule has 0 fully saturated rings. The zero-order valence-corrected chi connectivity index (χ0v) is 11.8. The van der Waals surface area contributed by atoms with Gasteiger partial charge in [-0.25, -0.2) is 0 Å². The summed E-state index contributed by atoms with van der Waals surface area (Å²) in [6.45, 7) is 7.94. The molecule has 0 aliphatic carbocycles. The lowest BCUT2D eigenvalue weighted by molar-refractivity contribution is -0.122. The normalized spacial score (nSPS) is 13.2. The first kappa shape index (κ1) is 14.7. The fourth-order valence-corrected chi connectivity index (χ4v) is 1.90. The van der Waals surface area contributed by atoms with E-state index in [9.17, 15) is 4.79 Å². The number of carbonyl (C=O) groups excluding carboxylic acids is 1. The van der Waals surface area contributed by atoms with Gasteiger partial charge in [0.15, 0.2) is 0 Å². The number of nitrogens with two attached hydrogens (primary N) is 1. The molecular weight excluding hydrogens is 224 g/mol. The van der Waals surface area contributed by atoms with Crippen molar-refractivity contribution in [2.75, 3.05) is 0 Å². The molecule has 1 atom stereocenters. The van der Waals surface area contributed by atoms with Gasteiger partial charge in [0.25, 0.3) is 0 Å². The third kappa shape index (κ3) is 4.88. The average molecular weight is 248 g/mol. The Hall–Kier alpha value is -1.35. The highest BCUT2D eigenvalue weighted by Crippen LogP contribution is 2.17. The number of aryl methyl sites for hydroxylation is 1. The first-order valence-corrected chi connectivity index (χ1v) is 6.43. The molecule has 100 valence electrons. The van der Waals surface area contributed by atoms with Crippen LogP contribution < -0.4 is 11.1 Å².